The van der Waals surface area contributed by atoms with Crippen LogP contribution in [0.5, 0.6) is 5.75 Å². The minimum absolute atomic E-state index is 0.115. The highest BCUT2D eigenvalue weighted by Crippen LogP contribution is 2.26. The highest BCUT2D eigenvalue weighted by atomic mass is 79.9. The number of benzene rings is 1. The Morgan fingerprint density at radius 1 is 1.32 bits per heavy atom. The van der Waals surface area contributed by atoms with E-state index in [0.717, 1.165) is 17.4 Å². The number of pyridine rings is 1. The molecule has 0 atom stereocenters. The first-order valence-electron chi connectivity index (χ1n) is 5.50. The van der Waals surface area contributed by atoms with E-state index in [4.69, 9.17) is 4.74 Å². The Bertz CT molecular complexity index is 576. The van der Waals surface area contributed by atoms with E-state index in [1.165, 1.54) is 6.07 Å². The number of hydrogen-bond acceptors (Lipinski definition) is 3. The van der Waals surface area contributed by atoms with Gasteiger partial charge in [0.15, 0.2) is 11.6 Å². The smallest absolute Gasteiger partial charge is 0.200 e. The van der Waals surface area contributed by atoms with E-state index >= 15 is 0 Å². The molecular formula is C13H11BrF2N2O. The first-order chi connectivity index (χ1) is 9.10. The fourth-order valence-corrected chi connectivity index (χ4v) is 1.87. The van der Waals surface area contributed by atoms with Crippen LogP contribution < -0.4 is 10.1 Å². The number of ether oxygens (including phenoxy) is 1. The van der Waals surface area contributed by atoms with Gasteiger partial charge in [-0.2, -0.15) is 4.39 Å². The van der Waals surface area contributed by atoms with Gasteiger partial charge < -0.3 is 10.1 Å². The summed E-state index contributed by atoms with van der Waals surface area (Å²) in [6.07, 6.45) is 1.61. The maximum atomic E-state index is 13.5. The number of aromatic nitrogens is 1. The maximum Gasteiger partial charge on any atom is 0.200 e. The van der Waals surface area contributed by atoms with Crippen molar-refractivity contribution >= 4 is 21.7 Å². The molecule has 1 heterocycles. The average Bonchev–Trinajstić information content (AvgIpc) is 2.41. The predicted octanol–water partition coefficient (Wildman–Crippen LogP) is 3.74. The van der Waals surface area contributed by atoms with Crippen molar-refractivity contribution in [3.63, 3.8) is 0 Å². The highest BCUT2D eigenvalue weighted by molar-refractivity contribution is 9.10. The van der Waals surface area contributed by atoms with Crippen molar-refractivity contribution in [2.24, 2.45) is 0 Å². The Morgan fingerprint density at radius 3 is 2.74 bits per heavy atom. The van der Waals surface area contributed by atoms with Crippen LogP contribution in [0.1, 0.15) is 5.56 Å². The summed E-state index contributed by atoms with van der Waals surface area (Å²) in [4.78, 5) is 4.10. The van der Waals surface area contributed by atoms with Gasteiger partial charge in [0.2, 0.25) is 5.82 Å². The lowest BCUT2D eigenvalue weighted by atomic mass is 10.3. The van der Waals surface area contributed by atoms with Crippen molar-refractivity contribution in [2.75, 3.05) is 12.4 Å². The molecule has 0 radical (unpaired) electrons. The molecule has 1 aromatic carbocycles. The molecule has 6 heteroatoms. The summed E-state index contributed by atoms with van der Waals surface area (Å²) in [6, 6.07) is 6.00. The molecule has 19 heavy (non-hydrogen) atoms. The predicted molar refractivity (Wildman–Crippen MR) is 72.2 cm³/mol. The van der Waals surface area contributed by atoms with Crippen molar-refractivity contribution in [3.8, 4) is 5.75 Å². The SMILES string of the molecule is CNc1ccc(COc2cc(Br)cc(F)c2F)cn1. The second kappa shape index (κ2) is 5.97. The van der Waals surface area contributed by atoms with E-state index in [1.807, 2.05) is 0 Å². The third-order valence-electron chi connectivity index (χ3n) is 2.43. The van der Waals surface area contributed by atoms with Gasteiger partial charge in [0.05, 0.1) is 0 Å². The van der Waals surface area contributed by atoms with Crippen LogP contribution in [0.2, 0.25) is 0 Å². The number of hydrogen-bond donors (Lipinski definition) is 1. The Balaban J connectivity index is 2.09. The first kappa shape index (κ1) is 13.7. The number of nitrogens with one attached hydrogen (secondary N) is 1. The molecule has 0 saturated carbocycles. The molecule has 1 aromatic heterocycles. The van der Waals surface area contributed by atoms with Gasteiger partial charge in [0.1, 0.15) is 12.4 Å². The Hall–Kier alpha value is -1.69. The van der Waals surface area contributed by atoms with Crippen molar-refractivity contribution < 1.29 is 13.5 Å². The monoisotopic (exact) mass is 328 g/mol. The van der Waals surface area contributed by atoms with E-state index in [1.54, 1.807) is 25.4 Å². The zero-order chi connectivity index (χ0) is 13.8. The lowest BCUT2D eigenvalue weighted by Crippen LogP contribution is -2.00. The normalized spacial score (nSPS) is 10.3. The summed E-state index contributed by atoms with van der Waals surface area (Å²) in [7, 11) is 1.76. The van der Waals surface area contributed by atoms with E-state index in [2.05, 4.69) is 26.2 Å². The van der Waals surface area contributed by atoms with Gasteiger partial charge in [-0.1, -0.05) is 22.0 Å². The quantitative estimate of drug-likeness (QED) is 0.868. The van der Waals surface area contributed by atoms with Crippen LogP contribution in [0, 0.1) is 11.6 Å². The van der Waals surface area contributed by atoms with Crippen molar-refractivity contribution in [2.45, 2.75) is 6.61 Å². The summed E-state index contributed by atoms with van der Waals surface area (Å²) >= 11 is 3.08. The Labute approximate surface area is 117 Å². The van der Waals surface area contributed by atoms with E-state index < -0.39 is 11.6 Å². The molecule has 0 amide bonds. The van der Waals surface area contributed by atoms with Crippen LogP contribution in [-0.4, -0.2) is 12.0 Å². The van der Waals surface area contributed by atoms with Gasteiger partial charge in [-0.3, -0.25) is 0 Å². The fraction of sp³-hybridized carbons (Fsp3) is 0.154. The zero-order valence-electron chi connectivity index (χ0n) is 10.1. The van der Waals surface area contributed by atoms with Crippen LogP contribution in [0.3, 0.4) is 0 Å². The van der Waals surface area contributed by atoms with Gasteiger partial charge in [0.25, 0.3) is 0 Å². The molecular weight excluding hydrogens is 318 g/mol. The van der Waals surface area contributed by atoms with E-state index in [-0.39, 0.29) is 12.4 Å². The van der Waals surface area contributed by atoms with Crippen molar-refractivity contribution in [1.82, 2.24) is 4.98 Å². The van der Waals surface area contributed by atoms with Gasteiger partial charge in [-0.15, -0.1) is 0 Å². The van der Waals surface area contributed by atoms with Crippen molar-refractivity contribution in [1.29, 1.82) is 0 Å². The summed E-state index contributed by atoms with van der Waals surface area (Å²) in [5.74, 6) is -1.36. The Morgan fingerprint density at radius 2 is 2.11 bits per heavy atom. The van der Waals surface area contributed by atoms with Gasteiger partial charge in [0, 0.05) is 23.3 Å². The fourth-order valence-electron chi connectivity index (χ4n) is 1.46. The Kier molecular flexibility index (Phi) is 4.31. The van der Waals surface area contributed by atoms with Crippen LogP contribution in [0.4, 0.5) is 14.6 Å². The molecule has 0 fully saturated rings. The second-order valence-electron chi connectivity index (χ2n) is 3.79. The molecule has 0 saturated heterocycles. The summed E-state index contributed by atoms with van der Waals surface area (Å²) in [6.45, 7) is 0.115. The molecule has 0 aliphatic carbocycles. The lowest BCUT2D eigenvalue weighted by Gasteiger charge is -2.08. The highest BCUT2D eigenvalue weighted by Gasteiger charge is 2.11. The second-order valence-corrected chi connectivity index (χ2v) is 4.71. The molecule has 0 aliphatic rings. The van der Waals surface area contributed by atoms with Gasteiger partial charge in [-0.05, 0) is 18.2 Å². The molecule has 0 aliphatic heterocycles. The number of halogens is 3. The summed E-state index contributed by atoms with van der Waals surface area (Å²) < 4.78 is 32.3. The molecule has 2 rings (SSSR count). The van der Waals surface area contributed by atoms with Crippen LogP contribution >= 0.6 is 15.9 Å². The van der Waals surface area contributed by atoms with Gasteiger partial charge in [-0.25, -0.2) is 9.37 Å². The third-order valence-corrected chi connectivity index (χ3v) is 2.89. The zero-order valence-corrected chi connectivity index (χ0v) is 11.7. The number of anilines is 1. The molecule has 3 nitrogen and oxygen atoms in total. The van der Waals surface area contributed by atoms with Crippen LogP contribution in [0.25, 0.3) is 0 Å². The third kappa shape index (κ3) is 3.41. The summed E-state index contributed by atoms with van der Waals surface area (Å²) in [5.41, 5.74) is 0.763. The molecule has 0 unspecified atom stereocenters. The number of nitrogens with zero attached hydrogens (tertiary/aromatic N) is 1. The van der Waals surface area contributed by atoms with E-state index in [0.29, 0.717) is 4.47 Å². The first-order valence-corrected chi connectivity index (χ1v) is 6.29. The minimum atomic E-state index is -0.997. The average molecular weight is 329 g/mol. The molecule has 100 valence electrons. The minimum Gasteiger partial charge on any atom is -0.486 e. The van der Waals surface area contributed by atoms with Gasteiger partial charge >= 0.3 is 0 Å². The van der Waals surface area contributed by atoms with E-state index in [9.17, 15) is 8.78 Å². The molecule has 2 aromatic rings. The van der Waals surface area contributed by atoms with Crippen LogP contribution in [-0.2, 0) is 6.61 Å². The summed E-state index contributed by atoms with van der Waals surface area (Å²) in [5, 5.41) is 2.88. The van der Waals surface area contributed by atoms with Crippen molar-refractivity contribution in [3.05, 3.63) is 52.1 Å². The number of rotatable bonds is 4. The largest absolute Gasteiger partial charge is 0.486 e. The lowest BCUT2D eigenvalue weighted by molar-refractivity contribution is 0.284. The maximum absolute atomic E-state index is 13.5. The van der Waals surface area contributed by atoms with Crippen LogP contribution in [0.15, 0.2) is 34.9 Å². The molecule has 0 bridgehead atoms. The molecule has 1 N–H and O–H groups in total. The standard InChI is InChI=1S/C13H11BrF2N2O/c1-17-12-3-2-8(6-18-12)7-19-11-5-9(14)4-10(15)13(11)16/h2-6H,7H2,1H3,(H,17,18). The topological polar surface area (TPSA) is 34.1 Å². The molecule has 0 spiro atoms.